The molecule has 1 amide bonds. The number of carbonyl (C=O) groups excluding carboxylic acids is 1. The number of thioether (sulfide) groups is 1. The Morgan fingerprint density at radius 2 is 2.00 bits per heavy atom. The highest BCUT2D eigenvalue weighted by Gasteiger charge is 2.14. The van der Waals surface area contributed by atoms with Crippen LogP contribution in [0.3, 0.4) is 0 Å². The van der Waals surface area contributed by atoms with Crippen LogP contribution in [0.5, 0.6) is 0 Å². The van der Waals surface area contributed by atoms with Crippen LogP contribution in [-0.4, -0.2) is 16.6 Å². The lowest BCUT2D eigenvalue weighted by Crippen LogP contribution is -2.14. The lowest BCUT2D eigenvalue weighted by Gasteiger charge is -2.08. The van der Waals surface area contributed by atoms with E-state index >= 15 is 0 Å². The van der Waals surface area contributed by atoms with E-state index in [0.717, 1.165) is 0 Å². The quantitative estimate of drug-likeness (QED) is 0.627. The second kappa shape index (κ2) is 7.06. The average Bonchev–Trinajstić information content (AvgIpc) is 2.41. The van der Waals surface area contributed by atoms with Crippen LogP contribution >= 0.6 is 35.0 Å². The molecule has 2 aromatic rings. The number of halogens is 4. The normalized spacial score (nSPS) is 10.7. The molecule has 0 atom stereocenters. The third-order valence-electron chi connectivity index (χ3n) is 2.34. The van der Waals surface area contributed by atoms with Crippen molar-refractivity contribution in [2.75, 3.05) is 5.32 Å². The second-order valence-electron chi connectivity index (χ2n) is 3.82. The van der Waals surface area contributed by atoms with E-state index in [4.69, 9.17) is 23.2 Å². The molecule has 0 radical (unpaired) electrons. The fraction of sp³-hybridized carbons (Fsp3) is 0.0769. The topological polar surface area (TPSA) is 42.0 Å². The van der Waals surface area contributed by atoms with Crippen molar-refractivity contribution in [1.82, 2.24) is 4.98 Å². The van der Waals surface area contributed by atoms with Crippen molar-refractivity contribution in [3.63, 3.8) is 0 Å². The second-order valence-corrected chi connectivity index (χ2v) is 5.68. The van der Waals surface area contributed by atoms with Crippen LogP contribution in [0.15, 0.2) is 41.3 Å². The van der Waals surface area contributed by atoms with Crippen LogP contribution in [0.2, 0.25) is 10.2 Å². The molecule has 1 heterocycles. The fourth-order valence-electron chi connectivity index (χ4n) is 1.52. The van der Waals surface area contributed by atoms with E-state index < -0.39 is 11.7 Å². The first-order valence-electron chi connectivity index (χ1n) is 5.64. The molecule has 0 aliphatic rings. The number of nitrogens with zero attached hydrogens (tertiary/aromatic N) is 1. The highest BCUT2D eigenvalue weighted by Crippen LogP contribution is 2.27. The molecule has 110 valence electrons. The number of nitrogens with one attached hydrogen (secondary N) is 1. The highest BCUT2D eigenvalue weighted by atomic mass is 35.5. The maximum atomic E-state index is 12.3. The maximum Gasteiger partial charge on any atom is 0.288 e. The number of hydrogen-bond acceptors (Lipinski definition) is 3. The average molecular weight is 349 g/mol. The summed E-state index contributed by atoms with van der Waals surface area (Å²) < 4.78 is 24.6. The van der Waals surface area contributed by atoms with Crippen molar-refractivity contribution in [3.05, 3.63) is 52.3 Å². The van der Waals surface area contributed by atoms with Crippen LogP contribution in [0.25, 0.3) is 0 Å². The zero-order valence-corrected chi connectivity index (χ0v) is 12.6. The molecule has 0 unspecified atom stereocenters. The van der Waals surface area contributed by atoms with E-state index in [1.807, 2.05) is 0 Å². The molecule has 0 aliphatic heterocycles. The summed E-state index contributed by atoms with van der Waals surface area (Å²) >= 11 is 12.0. The predicted molar refractivity (Wildman–Crippen MR) is 80.5 cm³/mol. The van der Waals surface area contributed by atoms with E-state index in [1.165, 1.54) is 24.3 Å². The Labute approximate surface area is 133 Å². The van der Waals surface area contributed by atoms with Gasteiger partial charge in [0.1, 0.15) is 10.8 Å². The number of rotatable bonds is 4. The molecule has 0 aliphatic carbocycles. The summed E-state index contributed by atoms with van der Waals surface area (Å²) in [5, 5.41) is 2.82. The molecule has 2 rings (SSSR count). The van der Waals surface area contributed by atoms with Crippen molar-refractivity contribution in [2.24, 2.45) is 0 Å². The molecule has 8 heteroatoms. The van der Waals surface area contributed by atoms with Gasteiger partial charge in [0, 0.05) is 10.6 Å². The van der Waals surface area contributed by atoms with Gasteiger partial charge in [0.25, 0.3) is 11.7 Å². The summed E-state index contributed by atoms with van der Waals surface area (Å²) in [5.41, 5.74) is 0.333. The van der Waals surface area contributed by atoms with Crippen molar-refractivity contribution in [1.29, 1.82) is 0 Å². The summed E-state index contributed by atoms with van der Waals surface area (Å²) in [4.78, 5) is 16.2. The van der Waals surface area contributed by atoms with E-state index in [-0.39, 0.29) is 15.9 Å². The van der Waals surface area contributed by atoms with Crippen LogP contribution in [0.4, 0.5) is 14.5 Å². The van der Waals surface area contributed by atoms with E-state index in [2.05, 4.69) is 10.3 Å². The maximum absolute atomic E-state index is 12.3. The molecule has 3 nitrogen and oxygen atoms in total. The number of alkyl halides is 2. The Hall–Kier alpha value is -1.37. The monoisotopic (exact) mass is 348 g/mol. The molecule has 1 aromatic heterocycles. The van der Waals surface area contributed by atoms with Crippen LogP contribution < -0.4 is 5.32 Å². The first-order valence-corrected chi connectivity index (χ1v) is 7.27. The number of amides is 1. The predicted octanol–water partition coefficient (Wildman–Crippen LogP) is 4.96. The van der Waals surface area contributed by atoms with E-state index in [0.29, 0.717) is 22.3 Å². The molecule has 0 spiro atoms. The summed E-state index contributed by atoms with van der Waals surface area (Å²) in [6.45, 7) is 0. The Bertz CT molecular complexity index is 670. The lowest BCUT2D eigenvalue weighted by atomic mass is 10.3. The molecule has 21 heavy (non-hydrogen) atoms. The zero-order valence-electron chi connectivity index (χ0n) is 10.3. The van der Waals surface area contributed by atoms with Crippen LogP contribution in [-0.2, 0) is 0 Å². The van der Waals surface area contributed by atoms with Gasteiger partial charge in [-0.15, -0.1) is 0 Å². The van der Waals surface area contributed by atoms with Crippen LogP contribution in [0.1, 0.15) is 10.5 Å². The lowest BCUT2D eigenvalue weighted by molar-refractivity contribution is 0.102. The highest BCUT2D eigenvalue weighted by molar-refractivity contribution is 7.99. The first kappa shape index (κ1) is 16.0. The smallest absolute Gasteiger partial charge is 0.288 e. The zero-order chi connectivity index (χ0) is 15.4. The van der Waals surface area contributed by atoms with Crippen LogP contribution in [0, 0.1) is 0 Å². The Kier molecular flexibility index (Phi) is 5.39. The fourth-order valence-corrected chi connectivity index (χ4v) is 2.41. The standard InChI is InChI=1S/C13H8Cl2F2N2OS/c14-9-4-5-10(15)19-11(9)12(20)18-7-2-1-3-8(6-7)21-13(16)17/h1-6,13H,(H,18,20). The van der Waals surface area contributed by atoms with Gasteiger partial charge < -0.3 is 5.32 Å². The van der Waals surface area contributed by atoms with Gasteiger partial charge in [-0.3, -0.25) is 4.79 Å². The Balaban J connectivity index is 2.17. The van der Waals surface area contributed by atoms with Gasteiger partial charge in [-0.25, -0.2) is 4.98 Å². The number of carbonyl (C=O) groups is 1. The van der Waals surface area contributed by atoms with Gasteiger partial charge in [-0.2, -0.15) is 8.78 Å². The van der Waals surface area contributed by atoms with Gasteiger partial charge in [0.15, 0.2) is 0 Å². The summed E-state index contributed by atoms with van der Waals surface area (Å²) in [6, 6.07) is 9.01. The third kappa shape index (κ3) is 4.56. The molecule has 0 saturated heterocycles. The van der Waals surface area contributed by atoms with Gasteiger partial charge in [0.05, 0.1) is 5.02 Å². The third-order valence-corrected chi connectivity index (χ3v) is 3.56. The molecule has 1 N–H and O–H groups in total. The molecule has 1 aromatic carbocycles. The van der Waals surface area contributed by atoms with Gasteiger partial charge in [-0.1, -0.05) is 41.0 Å². The van der Waals surface area contributed by atoms with Crippen molar-refractivity contribution >= 4 is 46.6 Å². The Morgan fingerprint density at radius 1 is 1.24 bits per heavy atom. The number of anilines is 1. The first-order chi connectivity index (χ1) is 9.95. The summed E-state index contributed by atoms with van der Waals surface area (Å²) in [7, 11) is 0. The SMILES string of the molecule is O=C(Nc1cccc(SC(F)F)c1)c1nc(Cl)ccc1Cl. The number of benzene rings is 1. The number of hydrogen-bond donors (Lipinski definition) is 1. The number of pyridine rings is 1. The van der Waals surface area contributed by atoms with E-state index in [1.54, 1.807) is 12.1 Å². The van der Waals surface area contributed by atoms with Crippen molar-refractivity contribution in [2.45, 2.75) is 10.7 Å². The minimum atomic E-state index is -2.53. The minimum Gasteiger partial charge on any atom is -0.321 e. The molecule has 0 bridgehead atoms. The molecular weight excluding hydrogens is 341 g/mol. The number of aromatic nitrogens is 1. The molecule has 0 saturated carbocycles. The van der Waals surface area contributed by atoms with Gasteiger partial charge >= 0.3 is 0 Å². The van der Waals surface area contributed by atoms with Gasteiger partial charge in [0.2, 0.25) is 0 Å². The van der Waals surface area contributed by atoms with Crippen molar-refractivity contribution < 1.29 is 13.6 Å². The van der Waals surface area contributed by atoms with Crippen molar-refractivity contribution in [3.8, 4) is 0 Å². The minimum absolute atomic E-state index is 0.0314. The largest absolute Gasteiger partial charge is 0.321 e. The van der Waals surface area contributed by atoms with E-state index in [9.17, 15) is 13.6 Å². The Morgan fingerprint density at radius 3 is 2.71 bits per heavy atom. The van der Waals surface area contributed by atoms with Gasteiger partial charge in [-0.05, 0) is 30.3 Å². The summed E-state index contributed by atoms with van der Waals surface area (Å²) in [6.07, 6.45) is 0. The molecular formula is C13H8Cl2F2N2OS. The summed E-state index contributed by atoms with van der Waals surface area (Å²) in [5.74, 6) is -3.10. The molecule has 0 fully saturated rings.